The van der Waals surface area contributed by atoms with Gasteiger partial charge in [0.25, 0.3) is 5.91 Å². The van der Waals surface area contributed by atoms with Gasteiger partial charge in [-0.15, -0.1) is 11.3 Å². The number of benzene rings is 1. The molecule has 0 radical (unpaired) electrons. The summed E-state index contributed by atoms with van der Waals surface area (Å²) >= 11 is 1.31. The number of amides is 1. The summed E-state index contributed by atoms with van der Waals surface area (Å²) in [6.45, 7) is 1.63. The van der Waals surface area contributed by atoms with Crippen molar-refractivity contribution >= 4 is 34.4 Å². The van der Waals surface area contributed by atoms with Crippen LogP contribution in [0.15, 0.2) is 58.5 Å². The van der Waals surface area contributed by atoms with Gasteiger partial charge >= 0.3 is 5.97 Å². The van der Waals surface area contributed by atoms with Crippen molar-refractivity contribution in [3.63, 3.8) is 0 Å². The fourth-order valence-electron chi connectivity index (χ4n) is 2.06. The van der Waals surface area contributed by atoms with Crippen molar-refractivity contribution in [2.45, 2.75) is 6.92 Å². The van der Waals surface area contributed by atoms with E-state index in [2.05, 4.69) is 10.3 Å². The third kappa shape index (κ3) is 4.90. The Morgan fingerprint density at radius 1 is 1.27 bits per heavy atom. The van der Waals surface area contributed by atoms with E-state index in [0.29, 0.717) is 10.9 Å². The van der Waals surface area contributed by atoms with E-state index >= 15 is 0 Å². The maximum atomic E-state index is 11.9. The standard InChI is InChI=1S/C19H16N2O4S/c1-13-4-6-14(7-5-13)16-12-26-19(20-16)21-17(22)11-25-18(23)9-8-15-3-2-10-24-15/h2-10,12H,11H2,1H3,(H,20,21,22). The van der Waals surface area contributed by atoms with Crippen LogP contribution in [0.25, 0.3) is 17.3 Å². The number of rotatable bonds is 6. The molecule has 26 heavy (non-hydrogen) atoms. The monoisotopic (exact) mass is 368 g/mol. The zero-order valence-corrected chi connectivity index (χ0v) is 14.8. The molecule has 7 heteroatoms. The number of hydrogen-bond acceptors (Lipinski definition) is 6. The molecule has 3 rings (SSSR count). The van der Waals surface area contributed by atoms with Crippen LogP contribution in [0.2, 0.25) is 0 Å². The molecule has 2 aromatic heterocycles. The Hall–Kier alpha value is -3.19. The molecule has 1 N–H and O–H groups in total. The van der Waals surface area contributed by atoms with Gasteiger partial charge in [-0.1, -0.05) is 29.8 Å². The van der Waals surface area contributed by atoms with Crippen molar-refractivity contribution in [3.05, 3.63) is 65.4 Å². The molecule has 0 aliphatic heterocycles. The number of furan rings is 1. The fraction of sp³-hybridized carbons (Fsp3) is 0.105. The van der Waals surface area contributed by atoms with E-state index in [1.165, 1.54) is 35.3 Å². The first-order valence-electron chi connectivity index (χ1n) is 7.81. The highest BCUT2D eigenvalue weighted by Gasteiger charge is 2.10. The smallest absolute Gasteiger partial charge is 0.331 e. The average Bonchev–Trinajstić information content (AvgIpc) is 3.31. The summed E-state index contributed by atoms with van der Waals surface area (Å²) < 4.78 is 9.93. The number of nitrogens with zero attached hydrogens (tertiary/aromatic N) is 1. The van der Waals surface area contributed by atoms with Crippen LogP contribution in [-0.2, 0) is 14.3 Å². The van der Waals surface area contributed by atoms with Crippen LogP contribution in [0.5, 0.6) is 0 Å². The lowest BCUT2D eigenvalue weighted by Gasteiger charge is -2.02. The second-order valence-corrected chi connectivity index (χ2v) is 6.27. The Balaban J connectivity index is 1.49. The first-order chi connectivity index (χ1) is 12.6. The van der Waals surface area contributed by atoms with Crippen LogP contribution >= 0.6 is 11.3 Å². The number of hydrogen-bond donors (Lipinski definition) is 1. The van der Waals surface area contributed by atoms with E-state index in [0.717, 1.165) is 11.3 Å². The van der Waals surface area contributed by atoms with Gasteiger partial charge in [0.05, 0.1) is 12.0 Å². The number of thiazole rings is 1. The molecule has 0 spiro atoms. The van der Waals surface area contributed by atoms with E-state index < -0.39 is 11.9 Å². The van der Waals surface area contributed by atoms with E-state index in [4.69, 9.17) is 9.15 Å². The first-order valence-corrected chi connectivity index (χ1v) is 8.69. The van der Waals surface area contributed by atoms with Gasteiger partial charge in [0, 0.05) is 17.0 Å². The minimum Gasteiger partial charge on any atom is -0.465 e. The number of esters is 1. The Kier molecular flexibility index (Phi) is 5.60. The Morgan fingerprint density at radius 3 is 2.81 bits per heavy atom. The number of aromatic nitrogens is 1. The Labute approximate surface area is 154 Å². The summed E-state index contributed by atoms with van der Waals surface area (Å²) in [7, 11) is 0. The van der Waals surface area contributed by atoms with Crippen LogP contribution in [0, 0.1) is 6.92 Å². The van der Waals surface area contributed by atoms with Crippen molar-refractivity contribution in [1.82, 2.24) is 4.98 Å². The minimum atomic E-state index is -0.629. The third-order valence-corrected chi connectivity index (χ3v) is 4.13. The third-order valence-electron chi connectivity index (χ3n) is 3.37. The molecule has 132 valence electrons. The van der Waals surface area contributed by atoms with E-state index in [-0.39, 0.29) is 6.61 Å². The van der Waals surface area contributed by atoms with Gasteiger partial charge < -0.3 is 9.15 Å². The first kappa shape index (κ1) is 17.6. The van der Waals surface area contributed by atoms with Gasteiger partial charge in [0.1, 0.15) is 5.76 Å². The van der Waals surface area contributed by atoms with Crippen molar-refractivity contribution in [1.29, 1.82) is 0 Å². The molecule has 6 nitrogen and oxygen atoms in total. The topological polar surface area (TPSA) is 81.4 Å². The lowest BCUT2D eigenvalue weighted by atomic mass is 10.1. The average molecular weight is 368 g/mol. The summed E-state index contributed by atoms with van der Waals surface area (Å²) in [6, 6.07) is 11.4. The van der Waals surface area contributed by atoms with Gasteiger partial charge in [-0.3, -0.25) is 10.1 Å². The summed E-state index contributed by atoms with van der Waals surface area (Å²) in [5.41, 5.74) is 2.92. The zero-order chi connectivity index (χ0) is 18.4. The number of ether oxygens (including phenoxy) is 1. The van der Waals surface area contributed by atoms with Gasteiger partial charge in [-0.25, -0.2) is 9.78 Å². The Morgan fingerprint density at radius 2 is 2.08 bits per heavy atom. The highest BCUT2D eigenvalue weighted by Crippen LogP contribution is 2.25. The van der Waals surface area contributed by atoms with E-state index in [1.807, 2.05) is 36.6 Å². The number of anilines is 1. The van der Waals surface area contributed by atoms with E-state index in [1.54, 1.807) is 12.1 Å². The molecule has 0 fully saturated rings. The highest BCUT2D eigenvalue weighted by atomic mass is 32.1. The molecule has 2 heterocycles. The van der Waals surface area contributed by atoms with E-state index in [9.17, 15) is 9.59 Å². The maximum Gasteiger partial charge on any atom is 0.331 e. The number of carbonyl (C=O) groups is 2. The highest BCUT2D eigenvalue weighted by molar-refractivity contribution is 7.14. The molecule has 0 aliphatic rings. The van der Waals surface area contributed by atoms with Crippen LogP contribution in [0.4, 0.5) is 5.13 Å². The van der Waals surface area contributed by atoms with Gasteiger partial charge in [-0.05, 0) is 25.1 Å². The molecule has 0 saturated carbocycles. The summed E-state index contributed by atoms with van der Waals surface area (Å²) in [5, 5.41) is 4.93. The molecule has 0 unspecified atom stereocenters. The van der Waals surface area contributed by atoms with Crippen LogP contribution in [-0.4, -0.2) is 23.5 Å². The maximum absolute atomic E-state index is 11.9. The van der Waals surface area contributed by atoms with Crippen LogP contribution in [0.1, 0.15) is 11.3 Å². The molecular formula is C19H16N2O4S. The lowest BCUT2D eigenvalue weighted by molar-refractivity contribution is -0.142. The van der Waals surface area contributed by atoms with Crippen molar-refractivity contribution in [2.75, 3.05) is 11.9 Å². The molecule has 0 bridgehead atoms. The summed E-state index contributed by atoms with van der Waals surface area (Å²) in [6.07, 6.45) is 4.16. The van der Waals surface area contributed by atoms with Crippen LogP contribution in [0.3, 0.4) is 0 Å². The zero-order valence-electron chi connectivity index (χ0n) is 14.0. The predicted molar refractivity (Wildman–Crippen MR) is 99.6 cm³/mol. The van der Waals surface area contributed by atoms with Crippen molar-refractivity contribution in [2.24, 2.45) is 0 Å². The quantitative estimate of drug-likeness (QED) is 0.527. The molecular weight excluding hydrogens is 352 g/mol. The molecule has 1 aromatic carbocycles. The molecule has 3 aromatic rings. The molecule has 0 saturated heterocycles. The second kappa shape index (κ2) is 8.26. The normalized spacial score (nSPS) is 10.8. The summed E-state index contributed by atoms with van der Waals surface area (Å²) in [5.74, 6) is -0.552. The molecule has 0 atom stereocenters. The lowest BCUT2D eigenvalue weighted by Crippen LogP contribution is -2.20. The largest absolute Gasteiger partial charge is 0.465 e. The number of nitrogens with one attached hydrogen (secondary N) is 1. The predicted octanol–water partition coefficient (Wildman–Crippen LogP) is 3.91. The van der Waals surface area contributed by atoms with Gasteiger partial charge in [0.15, 0.2) is 11.7 Å². The molecule has 0 aliphatic carbocycles. The van der Waals surface area contributed by atoms with Crippen molar-refractivity contribution in [3.8, 4) is 11.3 Å². The number of carbonyl (C=O) groups excluding carboxylic acids is 2. The SMILES string of the molecule is Cc1ccc(-c2csc(NC(=O)COC(=O)C=Cc3ccco3)n2)cc1. The fourth-order valence-corrected chi connectivity index (χ4v) is 2.80. The second-order valence-electron chi connectivity index (χ2n) is 5.41. The van der Waals surface area contributed by atoms with Crippen LogP contribution < -0.4 is 5.32 Å². The molecule has 1 amide bonds. The Bertz CT molecular complexity index is 911. The van der Waals surface area contributed by atoms with Gasteiger partial charge in [0.2, 0.25) is 0 Å². The summed E-state index contributed by atoms with van der Waals surface area (Å²) in [4.78, 5) is 27.8. The van der Waals surface area contributed by atoms with Crippen molar-refractivity contribution < 1.29 is 18.7 Å². The minimum absolute atomic E-state index is 0.388. The van der Waals surface area contributed by atoms with Gasteiger partial charge in [-0.2, -0.15) is 0 Å². The number of aryl methyl sites for hydroxylation is 1.